The van der Waals surface area contributed by atoms with E-state index < -0.39 is 35.0 Å². The van der Waals surface area contributed by atoms with Gasteiger partial charge in [0.05, 0.1) is 11.5 Å². The molecule has 0 aromatic heterocycles. The standard InChI is InChI=1S/C34H42F2IN3O3/c1-4-11-40(12-5-2)31(42)24-13-22(3)19-33(20-24,32(38)43)29(16-23-14-26(35)18-27(36)15-23)30(41)21-39-34(9-10-34)25-7-6-8-28(37)17-25/h6-8,13-15,17-19,29-30,39,41H,4-5,9-12,16,20-21H2,1-3H3,(H2,38,43)/t29-,30+,33?/m1/s1. The molecule has 1 saturated carbocycles. The van der Waals surface area contributed by atoms with Gasteiger partial charge in [-0.1, -0.05) is 43.7 Å². The number of nitrogens with zero attached hydrogens (tertiary/aromatic N) is 1. The van der Waals surface area contributed by atoms with E-state index in [-0.39, 0.29) is 30.8 Å². The first-order valence-corrected chi connectivity index (χ1v) is 16.1. The summed E-state index contributed by atoms with van der Waals surface area (Å²) < 4.78 is 29.7. The van der Waals surface area contributed by atoms with Crippen molar-refractivity contribution < 1.29 is 23.5 Å². The minimum absolute atomic E-state index is 0.00994. The van der Waals surface area contributed by atoms with E-state index in [1.165, 1.54) is 12.1 Å². The Morgan fingerprint density at radius 1 is 1.09 bits per heavy atom. The Kier molecular flexibility index (Phi) is 10.8. The third-order valence-corrected chi connectivity index (χ3v) is 9.33. The maximum Gasteiger partial charge on any atom is 0.249 e. The van der Waals surface area contributed by atoms with Crippen LogP contribution in [0.3, 0.4) is 0 Å². The number of halogens is 3. The van der Waals surface area contributed by atoms with Crippen molar-refractivity contribution >= 4 is 34.4 Å². The highest BCUT2D eigenvalue weighted by molar-refractivity contribution is 14.1. The summed E-state index contributed by atoms with van der Waals surface area (Å²) >= 11 is 2.27. The number of allylic oxidation sites excluding steroid dienone is 2. The Morgan fingerprint density at radius 3 is 2.30 bits per heavy atom. The van der Waals surface area contributed by atoms with E-state index in [4.69, 9.17) is 5.73 Å². The molecular weight excluding hydrogens is 663 g/mol. The summed E-state index contributed by atoms with van der Waals surface area (Å²) in [4.78, 5) is 29.0. The van der Waals surface area contributed by atoms with E-state index in [1.54, 1.807) is 24.0 Å². The molecular formula is C34H42F2IN3O3. The fourth-order valence-corrected chi connectivity index (χ4v) is 7.02. The molecule has 0 radical (unpaired) electrons. The first-order chi connectivity index (χ1) is 20.4. The fourth-order valence-electron chi connectivity index (χ4n) is 6.48. The second kappa shape index (κ2) is 14.0. The van der Waals surface area contributed by atoms with E-state index in [0.29, 0.717) is 29.8 Å². The van der Waals surface area contributed by atoms with E-state index in [9.17, 15) is 23.5 Å². The first kappa shape index (κ1) is 33.3. The molecule has 0 bridgehead atoms. The number of aliphatic hydroxyl groups is 1. The van der Waals surface area contributed by atoms with Crippen LogP contribution in [0.4, 0.5) is 8.78 Å². The second-order valence-corrected chi connectivity index (χ2v) is 13.3. The third kappa shape index (κ3) is 7.72. The van der Waals surface area contributed by atoms with Crippen molar-refractivity contribution in [3.63, 3.8) is 0 Å². The Hall–Kier alpha value is -2.63. The van der Waals surface area contributed by atoms with Crippen molar-refractivity contribution in [3.05, 3.63) is 92.1 Å². The number of hydrogen-bond acceptors (Lipinski definition) is 4. The Balaban J connectivity index is 1.70. The van der Waals surface area contributed by atoms with Crippen LogP contribution >= 0.6 is 22.6 Å². The number of hydrogen-bond donors (Lipinski definition) is 3. The lowest BCUT2D eigenvalue weighted by atomic mass is 9.63. The lowest BCUT2D eigenvalue weighted by molar-refractivity contribution is -0.132. The highest BCUT2D eigenvalue weighted by Gasteiger charge is 2.50. The van der Waals surface area contributed by atoms with Crippen LogP contribution in [-0.4, -0.2) is 47.6 Å². The molecule has 2 amide bonds. The molecule has 6 nitrogen and oxygen atoms in total. The monoisotopic (exact) mass is 705 g/mol. The van der Waals surface area contributed by atoms with E-state index >= 15 is 0 Å². The number of amides is 2. The number of carbonyl (C=O) groups excluding carboxylic acids is 2. The van der Waals surface area contributed by atoms with Gasteiger partial charge in [-0.25, -0.2) is 8.78 Å². The van der Waals surface area contributed by atoms with Crippen molar-refractivity contribution in [1.82, 2.24) is 10.2 Å². The SMILES string of the molecule is CCCN(CCC)C(=O)C1=CC(C)=CC(C(N)=O)([C@H](Cc2cc(F)cc(F)c2)[C@@H](O)CNC2(c3cccc(I)c3)CC2)C1. The second-order valence-electron chi connectivity index (χ2n) is 12.1. The zero-order chi connectivity index (χ0) is 31.4. The van der Waals surface area contributed by atoms with Gasteiger partial charge in [-0.3, -0.25) is 9.59 Å². The summed E-state index contributed by atoms with van der Waals surface area (Å²) in [5.41, 5.74) is 6.94. The molecule has 1 fully saturated rings. The zero-order valence-electron chi connectivity index (χ0n) is 25.1. The predicted octanol–water partition coefficient (Wildman–Crippen LogP) is 5.76. The van der Waals surface area contributed by atoms with Crippen LogP contribution in [-0.2, 0) is 21.5 Å². The molecule has 232 valence electrons. The van der Waals surface area contributed by atoms with Crippen LogP contribution in [0.15, 0.2) is 65.8 Å². The molecule has 4 rings (SSSR count). The van der Waals surface area contributed by atoms with Gasteiger partial charge in [0.1, 0.15) is 11.6 Å². The van der Waals surface area contributed by atoms with Crippen LogP contribution in [0.5, 0.6) is 0 Å². The summed E-state index contributed by atoms with van der Waals surface area (Å²) in [6.07, 6.45) is 5.72. The molecule has 4 N–H and O–H groups in total. The quantitative estimate of drug-likeness (QED) is 0.218. The molecule has 1 unspecified atom stereocenters. The van der Waals surface area contributed by atoms with Gasteiger partial charge in [-0.05, 0) is 103 Å². The first-order valence-electron chi connectivity index (χ1n) is 15.1. The minimum atomic E-state index is -1.46. The van der Waals surface area contributed by atoms with Gasteiger partial charge in [-0.15, -0.1) is 0 Å². The highest BCUT2D eigenvalue weighted by atomic mass is 127. The van der Waals surface area contributed by atoms with Crippen LogP contribution in [0, 0.1) is 26.5 Å². The number of nitrogens with one attached hydrogen (secondary N) is 1. The van der Waals surface area contributed by atoms with Crippen LogP contribution in [0.25, 0.3) is 0 Å². The van der Waals surface area contributed by atoms with Gasteiger partial charge in [0.25, 0.3) is 0 Å². The van der Waals surface area contributed by atoms with Gasteiger partial charge >= 0.3 is 0 Å². The largest absolute Gasteiger partial charge is 0.391 e. The molecule has 2 aliphatic rings. The number of aliphatic hydroxyl groups excluding tert-OH is 1. The van der Waals surface area contributed by atoms with Gasteiger partial charge in [0.2, 0.25) is 11.8 Å². The van der Waals surface area contributed by atoms with Gasteiger partial charge in [0, 0.05) is 46.3 Å². The maximum atomic E-state index is 14.3. The van der Waals surface area contributed by atoms with Gasteiger partial charge < -0.3 is 21.1 Å². The van der Waals surface area contributed by atoms with Crippen molar-refractivity contribution in [2.24, 2.45) is 17.1 Å². The Bertz CT molecular complexity index is 1380. The minimum Gasteiger partial charge on any atom is -0.391 e. The van der Waals surface area contributed by atoms with Crippen LogP contribution in [0.1, 0.15) is 64.0 Å². The van der Waals surface area contributed by atoms with Crippen LogP contribution < -0.4 is 11.1 Å². The molecule has 0 saturated heterocycles. The maximum absolute atomic E-state index is 14.3. The smallest absolute Gasteiger partial charge is 0.249 e. The summed E-state index contributed by atoms with van der Waals surface area (Å²) in [7, 11) is 0. The highest BCUT2D eigenvalue weighted by Crippen LogP contribution is 2.47. The molecule has 0 spiro atoms. The molecule has 2 aliphatic carbocycles. The fraction of sp³-hybridized carbons (Fsp3) is 0.471. The van der Waals surface area contributed by atoms with E-state index in [0.717, 1.165) is 40.9 Å². The van der Waals surface area contributed by atoms with E-state index in [1.807, 2.05) is 26.0 Å². The molecule has 2 aromatic carbocycles. The number of carbonyl (C=O) groups is 2. The number of primary amides is 1. The van der Waals surface area contributed by atoms with Crippen molar-refractivity contribution in [1.29, 1.82) is 0 Å². The molecule has 9 heteroatoms. The molecule has 0 heterocycles. The average molecular weight is 706 g/mol. The Morgan fingerprint density at radius 2 is 1.74 bits per heavy atom. The average Bonchev–Trinajstić information content (AvgIpc) is 3.74. The van der Waals surface area contributed by atoms with Crippen molar-refractivity contribution in [3.8, 4) is 0 Å². The molecule has 43 heavy (non-hydrogen) atoms. The Labute approximate surface area is 266 Å². The summed E-state index contributed by atoms with van der Waals surface area (Å²) in [6.45, 7) is 7.09. The van der Waals surface area contributed by atoms with E-state index in [2.05, 4.69) is 40.0 Å². The lowest BCUT2D eigenvalue weighted by Crippen LogP contribution is -2.52. The topological polar surface area (TPSA) is 95.7 Å². The van der Waals surface area contributed by atoms with Crippen LogP contribution in [0.2, 0.25) is 0 Å². The lowest BCUT2D eigenvalue weighted by Gasteiger charge is -2.42. The molecule has 2 aromatic rings. The van der Waals surface area contributed by atoms with Crippen molar-refractivity contribution in [2.75, 3.05) is 19.6 Å². The third-order valence-electron chi connectivity index (χ3n) is 8.66. The number of nitrogens with two attached hydrogens (primary N) is 1. The van der Waals surface area contributed by atoms with Gasteiger partial charge in [0.15, 0.2) is 0 Å². The molecule has 0 aliphatic heterocycles. The number of rotatable bonds is 14. The summed E-state index contributed by atoms with van der Waals surface area (Å²) in [6, 6.07) is 11.4. The predicted molar refractivity (Wildman–Crippen MR) is 173 cm³/mol. The van der Waals surface area contributed by atoms with Crippen molar-refractivity contribution in [2.45, 2.75) is 70.9 Å². The normalized spacial score (nSPS) is 20.5. The van der Waals surface area contributed by atoms with Gasteiger partial charge in [-0.2, -0.15) is 0 Å². The number of benzene rings is 2. The summed E-state index contributed by atoms with van der Waals surface area (Å²) in [5, 5.41) is 15.4. The molecule has 3 atom stereocenters. The zero-order valence-corrected chi connectivity index (χ0v) is 27.3. The summed E-state index contributed by atoms with van der Waals surface area (Å²) in [5.74, 6) is -3.22.